The third-order valence-corrected chi connectivity index (χ3v) is 3.43. The van der Waals surface area contributed by atoms with Gasteiger partial charge < -0.3 is 9.63 Å². The van der Waals surface area contributed by atoms with Crippen molar-refractivity contribution in [2.45, 2.75) is 50.6 Å². The minimum atomic E-state index is -0.757. The number of hydrogen-bond donors (Lipinski definition) is 1. The first-order chi connectivity index (χ1) is 8.72. The second-order valence-corrected chi connectivity index (χ2v) is 5.17. The van der Waals surface area contributed by atoms with Gasteiger partial charge in [0.05, 0.1) is 13.0 Å². The molecule has 2 aliphatic rings. The van der Waals surface area contributed by atoms with Crippen molar-refractivity contribution in [3.8, 4) is 0 Å². The van der Waals surface area contributed by atoms with Gasteiger partial charge in [-0.15, -0.1) is 0 Å². The lowest BCUT2D eigenvalue weighted by atomic mass is 10.3. The Morgan fingerprint density at radius 2 is 2.17 bits per heavy atom. The van der Waals surface area contributed by atoms with Gasteiger partial charge in [-0.05, 0) is 25.7 Å². The van der Waals surface area contributed by atoms with E-state index < -0.39 is 5.97 Å². The smallest absolute Gasteiger partial charge is 0.304 e. The molecule has 1 aromatic heterocycles. The standard InChI is InChI=1S/C12H17N3O3/c16-11(17)5-6-15(9-3-4-9)7-10-13-12(18-14-10)8-1-2-8/h8-9H,1-7H2,(H,16,17). The van der Waals surface area contributed by atoms with Gasteiger partial charge in [0.15, 0.2) is 5.82 Å². The summed E-state index contributed by atoms with van der Waals surface area (Å²) < 4.78 is 5.21. The fourth-order valence-corrected chi connectivity index (χ4v) is 2.08. The molecule has 98 valence electrons. The lowest BCUT2D eigenvalue weighted by Gasteiger charge is -2.18. The predicted molar refractivity (Wildman–Crippen MR) is 62.0 cm³/mol. The van der Waals surface area contributed by atoms with E-state index in [1.807, 2.05) is 0 Å². The quantitative estimate of drug-likeness (QED) is 0.788. The van der Waals surface area contributed by atoms with E-state index in [0.717, 1.165) is 31.6 Å². The molecule has 6 heteroatoms. The minimum Gasteiger partial charge on any atom is -0.481 e. The van der Waals surface area contributed by atoms with Gasteiger partial charge >= 0.3 is 5.97 Å². The van der Waals surface area contributed by atoms with Gasteiger partial charge in [0.2, 0.25) is 5.89 Å². The van der Waals surface area contributed by atoms with Crippen LogP contribution in [-0.4, -0.2) is 38.7 Å². The molecule has 2 fully saturated rings. The Kier molecular flexibility index (Phi) is 3.03. The Bertz CT molecular complexity index is 438. The third kappa shape index (κ3) is 2.87. The van der Waals surface area contributed by atoms with Crippen molar-refractivity contribution in [3.63, 3.8) is 0 Å². The van der Waals surface area contributed by atoms with E-state index in [9.17, 15) is 4.79 Å². The highest BCUT2D eigenvalue weighted by atomic mass is 16.5. The third-order valence-electron chi connectivity index (χ3n) is 3.43. The summed E-state index contributed by atoms with van der Waals surface area (Å²) in [7, 11) is 0. The van der Waals surface area contributed by atoms with Crippen molar-refractivity contribution < 1.29 is 14.4 Å². The van der Waals surface area contributed by atoms with Crippen molar-refractivity contribution in [2.24, 2.45) is 0 Å². The first-order valence-corrected chi connectivity index (χ1v) is 6.50. The lowest BCUT2D eigenvalue weighted by Crippen LogP contribution is -2.28. The van der Waals surface area contributed by atoms with E-state index in [1.165, 1.54) is 0 Å². The SMILES string of the molecule is O=C(O)CCN(Cc1noc(C2CC2)n1)C1CC1. The molecule has 0 aromatic carbocycles. The van der Waals surface area contributed by atoms with Crippen LogP contribution >= 0.6 is 0 Å². The molecule has 0 unspecified atom stereocenters. The second kappa shape index (κ2) is 4.68. The molecule has 1 heterocycles. The normalized spacial score (nSPS) is 19.4. The first-order valence-electron chi connectivity index (χ1n) is 6.50. The molecule has 0 amide bonds. The molecule has 3 rings (SSSR count). The van der Waals surface area contributed by atoms with E-state index in [2.05, 4.69) is 15.0 Å². The van der Waals surface area contributed by atoms with Crippen LogP contribution < -0.4 is 0 Å². The fourth-order valence-electron chi connectivity index (χ4n) is 2.08. The number of carbonyl (C=O) groups is 1. The van der Waals surface area contributed by atoms with Crippen molar-refractivity contribution in [1.82, 2.24) is 15.0 Å². The average molecular weight is 251 g/mol. The lowest BCUT2D eigenvalue weighted by molar-refractivity contribution is -0.137. The summed E-state index contributed by atoms with van der Waals surface area (Å²) in [5.41, 5.74) is 0. The predicted octanol–water partition coefficient (Wildman–Crippen LogP) is 1.39. The highest BCUT2D eigenvalue weighted by molar-refractivity contribution is 5.66. The molecular formula is C12H17N3O3. The number of aromatic nitrogens is 2. The summed E-state index contributed by atoms with van der Waals surface area (Å²) in [6.07, 6.45) is 4.75. The Labute approximate surface area is 105 Å². The summed E-state index contributed by atoms with van der Waals surface area (Å²) >= 11 is 0. The van der Waals surface area contributed by atoms with Crippen LogP contribution in [0.15, 0.2) is 4.52 Å². The van der Waals surface area contributed by atoms with Gasteiger partial charge in [-0.1, -0.05) is 5.16 Å². The van der Waals surface area contributed by atoms with Crippen LogP contribution in [0.4, 0.5) is 0 Å². The summed E-state index contributed by atoms with van der Waals surface area (Å²) in [6.45, 7) is 1.17. The molecule has 1 aromatic rings. The largest absolute Gasteiger partial charge is 0.481 e. The summed E-state index contributed by atoms with van der Waals surface area (Å²) in [6, 6.07) is 0.507. The van der Waals surface area contributed by atoms with Crippen LogP contribution in [0.5, 0.6) is 0 Å². The van der Waals surface area contributed by atoms with E-state index >= 15 is 0 Å². The Morgan fingerprint density at radius 1 is 1.39 bits per heavy atom. The van der Waals surface area contributed by atoms with Gasteiger partial charge in [-0.3, -0.25) is 9.69 Å². The maximum absolute atomic E-state index is 10.6. The van der Waals surface area contributed by atoms with Gasteiger partial charge in [-0.2, -0.15) is 4.98 Å². The number of carboxylic acids is 1. The minimum absolute atomic E-state index is 0.170. The van der Waals surface area contributed by atoms with Gasteiger partial charge in [0, 0.05) is 18.5 Å². The van der Waals surface area contributed by atoms with Crippen LogP contribution in [-0.2, 0) is 11.3 Å². The molecular weight excluding hydrogens is 234 g/mol. The number of nitrogens with zero attached hydrogens (tertiary/aromatic N) is 3. The van der Waals surface area contributed by atoms with Gasteiger partial charge in [0.25, 0.3) is 0 Å². The van der Waals surface area contributed by atoms with E-state index in [1.54, 1.807) is 0 Å². The zero-order chi connectivity index (χ0) is 12.5. The van der Waals surface area contributed by atoms with E-state index in [4.69, 9.17) is 9.63 Å². The molecule has 0 saturated heterocycles. The van der Waals surface area contributed by atoms with Crippen molar-refractivity contribution >= 4 is 5.97 Å². The second-order valence-electron chi connectivity index (χ2n) is 5.17. The van der Waals surface area contributed by atoms with Crippen LogP contribution in [0.1, 0.15) is 49.7 Å². The highest BCUT2D eigenvalue weighted by Gasteiger charge is 2.32. The molecule has 2 saturated carbocycles. The molecule has 18 heavy (non-hydrogen) atoms. The van der Waals surface area contributed by atoms with Crippen LogP contribution in [0, 0.1) is 0 Å². The Hall–Kier alpha value is -1.43. The van der Waals surface area contributed by atoms with E-state index in [0.29, 0.717) is 30.9 Å². The van der Waals surface area contributed by atoms with Gasteiger partial charge in [-0.25, -0.2) is 0 Å². The maximum Gasteiger partial charge on any atom is 0.304 e. The zero-order valence-corrected chi connectivity index (χ0v) is 10.2. The number of rotatable bonds is 7. The zero-order valence-electron chi connectivity index (χ0n) is 10.2. The van der Waals surface area contributed by atoms with E-state index in [-0.39, 0.29) is 6.42 Å². The molecule has 0 aliphatic heterocycles. The van der Waals surface area contributed by atoms with Crippen LogP contribution in [0.25, 0.3) is 0 Å². The molecule has 0 radical (unpaired) electrons. The average Bonchev–Trinajstić information content (AvgIpc) is 3.23. The summed E-state index contributed by atoms with van der Waals surface area (Å²) in [5, 5.41) is 12.7. The number of carboxylic acid groups (broad SMARTS) is 1. The highest BCUT2D eigenvalue weighted by Crippen LogP contribution is 2.39. The molecule has 6 nitrogen and oxygen atoms in total. The maximum atomic E-state index is 10.6. The van der Waals surface area contributed by atoms with Gasteiger partial charge in [0.1, 0.15) is 0 Å². The molecule has 2 aliphatic carbocycles. The van der Waals surface area contributed by atoms with Crippen LogP contribution in [0.2, 0.25) is 0 Å². The summed E-state index contributed by atoms with van der Waals surface area (Å²) in [4.78, 5) is 17.2. The molecule has 0 spiro atoms. The number of aliphatic carboxylic acids is 1. The van der Waals surface area contributed by atoms with Crippen molar-refractivity contribution in [2.75, 3.05) is 6.54 Å². The van der Waals surface area contributed by atoms with Crippen molar-refractivity contribution in [1.29, 1.82) is 0 Å². The summed E-state index contributed by atoms with van der Waals surface area (Å²) in [5.74, 6) is 1.15. The topological polar surface area (TPSA) is 79.5 Å². The van der Waals surface area contributed by atoms with Crippen molar-refractivity contribution in [3.05, 3.63) is 11.7 Å². The molecule has 0 bridgehead atoms. The monoisotopic (exact) mass is 251 g/mol. The fraction of sp³-hybridized carbons (Fsp3) is 0.750. The Morgan fingerprint density at radius 3 is 2.78 bits per heavy atom. The first kappa shape index (κ1) is 11.6. The van der Waals surface area contributed by atoms with Crippen LogP contribution in [0.3, 0.4) is 0 Å². The number of hydrogen-bond acceptors (Lipinski definition) is 5. The molecule has 1 N–H and O–H groups in total. The Balaban J connectivity index is 1.58. The molecule has 0 atom stereocenters.